The standard InChI is InChI=1S/C16H14F2N2O5/c1-24-15(21)12-8-11(20(22)23)6-7-13(12)19-9-10-4-2-3-5-14(10)25-16(17)18/h2-8,16,19H,9H2,1H3. The molecule has 0 saturated heterocycles. The predicted octanol–water partition coefficient (Wildman–Crippen LogP) is 3.59. The second-order valence-corrected chi connectivity index (χ2v) is 4.82. The molecule has 0 unspecified atom stereocenters. The van der Waals surface area contributed by atoms with Gasteiger partial charge in [0.15, 0.2) is 0 Å². The summed E-state index contributed by atoms with van der Waals surface area (Å²) in [6.07, 6.45) is 0. The van der Waals surface area contributed by atoms with E-state index < -0.39 is 17.5 Å². The van der Waals surface area contributed by atoms with Crippen molar-refractivity contribution in [2.24, 2.45) is 0 Å². The molecule has 9 heteroatoms. The molecule has 132 valence electrons. The maximum atomic E-state index is 12.4. The zero-order valence-corrected chi connectivity index (χ0v) is 13.1. The summed E-state index contributed by atoms with van der Waals surface area (Å²) < 4.78 is 33.9. The van der Waals surface area contributed by atoms with Crippen LogP contribution in [0.25, 0.3) is 0 Å². The Labute approximate surface area is 141 Å². The summed E-state index contributed by atoms with van der Waals surface area (Å²) in [5, 5.41) is 13.7. The lowest BCUT2D eigenvalue weighted by molar-refractivity contribution is -0.384. The molecule has 0 aromatic heterocycles. The highest BCUT2D eigenvalue weighted by atomic mass is 19.3. The SMILES string of the molecule is COC(=O)c1cc([N+](=O)[O-])ccc1NCc1ccccc1OC(F)F. The number of methoxy groups -OCH3 is 1. The number of anilines is 1. The fourth-order valence-corrected chi connectivity index (χ4v) is 2.13. The summed E-state index contributed by atoms with van der Waals surface area (Å²) in [5.74, 6) is -0.769. The number of nitro groups is 1. The van der Waals surface area contributed by atoms with Crippen molar-refractivity contribution in [3.8, 4) is 5.75 Å². The molecule has 0 aliphatic rings. The average molecular weight is 352 g/mol. The molecule has 0 bridgehead atoms. The van der Waals surface area contributed by atoms with Crippen LogP contribution in [0, 0.1) is 10.1 Å². The number of nitro benzene ring substituents is 1. The van der Waals surface area contributed by atoms with Crippen molar-refractivity contribution in [3.63, 3.8) is 0 Å². The first-order valence-corrected chi connectivity index (χ1v) is 7.05. The van der Waals surface area contributed by atoms with E-state index >= 15 is 0 Å². The van der Waals surface area contributed by atoms with Gasteiger partial charge in [-0.25, -0.2) is 4.79 Å². The number of carbonyl (C=O) groups is 1. The number of non-ortho nitro benzene ring substituents is 1. The topological polar surface area (TPSA) is 90.7 Å². The zero-order chi connectivity index (χ0) is 18.4. The number of esters is 1. The Morgan fingerprint density at radius 2 is 2.00 bits per heavy atom. The van der Waals surface area contributed by atoms with Crippen LogP contribution in [0.5, 0.6) is 5.75 Å². The normalized spacial score (nSPS) is 10.4. The summed E-state index contributed by atoms with van der Waals surface area (Å²) in [6.45, 7) is -2.91. The maximum Gasteiger partial charge on any atom is 0.387 e. The first-order valence-electron chi connectivity index (χ1n) is 7.05. The lowest BCUT2D eigenvalue weighted by Crippen LogP contribution is -2.10. The zero-order valence-electron chi connectivity index (χ0n) is 13.1. The summed E-state index contributed by atoms with van der Waals surface area (Å²) in [6, 6.07) is 9.81. The highest BCUT2D eigenvalue weighted by molar-refractivity contribution is 5.96. The van der Waals surface area contributed by atoms with Crippen molar-refractivity contribution >= 4 is 17.3 Å². The molecule has 0 atom stereocenters. The third kappa shape index (κ3) is 4.63. The Hall–Kier alpha value is -3.23. The largest absolute Gasteiger partial charge is 0.465 e. The van der Waals surface area contributed by atoms with Gasteiger partial charge in [-0.1, -0.05) is 18.2 Å². The van der Waals surface area contributed by atoms with Crippen LogP contribution in [0.1, 0.15) is 15.9 Å². The van der Waals surface area contributed by atoms with Gasteiger partial charge in [0.25, 0.3) is 5.69 Å². The summed E-state index contributed by atoms with van der Waals surface area (Å²) in [4.78, 5) is 22.0. The highest BCUT2D eigenvalue weighted by Crippen LogP contribution is 2.26. The molecule has 0 radical (unpaired) electrons. The van der Waals surface area contributed by atoms with Crippen LogP contribution in [0.15, 0.2) is 42.5 Å². The van der Waals surface area contributed by atoms with Gasteiger partial charge in [-0.2, -0.15) is 8.78 Å². The molecule has 2 aromatic carbocycles. The van der Waals surface area contributed by atoms with Crippen LogP contribution in [0.4, 0.5) is 20.2 Å². The number of hydrogen-bond donors (Lipinski definition) is 1. The van der Waals surface area contributed by atoms with E-state index in [9.17, 15) is 23.7 Å². The molecule has 0 heterocycles. The summed E-state index contributed by atoms with van der Waals surface area (Å²) >= 11 is 0. The number of nitrogens with zero attached hydrogens (tertiary/aromatic N) is 1. The quantitative estimate of drug-likeness (QED) is 0.465. The van der Waals surface area contributed by atoms with Crippen molar-refractivity contribution < 1.29 is 28.0 Å². The molecule has 0 aliphatic heterocycles. The second-order valence-electron chi connectivity index (χ2n) is 4.82. The lowest BCUT2D eigenvalue weighted by Gasteiger charge is -2.14. The third-order valence-electron chi connectivity index (χ3n) is 3.28. The van der Waals surface area contributed by atoms with Crippen molar-refractivity contribution in [1.82, 2.24) is 0 Å². The molecule has 7 nitrogen and oxygen atoms in total. The van der Waals surface area contributed by atoms with Crippen LogP contribution >= 0.6 is 0 Å². The van der Waals surface area contributed by atoms with Gasteiger partial charge in [0.2, 0.25) is 0 Å². The third-order valence-corrected chi connectivity index (χ3v) is 3.28. The number of halogens is 2. The first kappa shape index (κ1) is 18.1. The molecule has 0 amide bonds. The number of alkyl halides is 2. The highest BCUT2D eigenvalue weighted by Gasteiger charge is 2.18. The smallest absolute Gasteiger partial charge is 0.387 e. The van der Waals surface area contributed by atoms with Crippen LogP contribution < -0.4 is 10.1 Å². The van der Waals surface area contributed by atoms with Gasteiger partial charge in [-0.15, -0.1) is 0 Å². The number of carbonyl (C=O) groups excluding carboxylic acids is 1. The predicted molar refractivity (Wildman–Crippen MR) is 84.8 cm³/mol. The first-order chi connectivity index (χ1) is 11.9. The van der Waals surface area contributed by atoms with Crippen molar-refractivity contribution in [1.29, 1.82) is 0 Å². The number of para-hydroxylation sites is 1. The Morgan fingerprint density at radius 3 is 2.64 bits per heavy atom. The van der Waals surface area contributed by atoms with Gasteiger partial charge in [0.05, 0.1) is 17.6 Å². The maximum absolute atomic E-state index is 12.4. The molecule has 25 heavy (non-hydrogen) atoms. The number of nitrogens with one attached hydrogen (secondary N) is 1. The van der Waals surface area contributed by atoms with Crippen LogP contribution in [-0.2, 0) is 11.3 Å². The minimum Gasteiger partial charge on any atom is -0.465 e. The van der Waals surface area contributed by atoms with Gasteiger partial charge in [-0.05, 0) is 12.1 Å². The van der Waals surface area contributed by atoms with Crippen molar-refractivity contribution in [2.75, 3.05) is 12.4 Å². The fraction of sp³-hybridized carbons (Fsp3) is 0.188. The minimum atomic E-state index is -2.97. The Bertz CT molecular complexity index is 783. The summed E-state index contributed by atoms with van der Waals surface area (Å²) in [5.41, 5.74) is 0.387. The van der Waals surface area contributed by atoms with E-state index in [4.69, 9.17) is 0 Å². The average Bonchev–Trinajstić information content (AvgIpc) is 2.59. The minimum absolute atomic E-state index is 0.00784. The molecule has 0 fully saturated rings. The van der Waals surface area contributed by atoms with Gasteiger partial charge in [0.1, 0.15) is 5.75 Å². The molecule has 0 aliphatic carbocycles. The fourth-order valence-electron chi connectivity index (χ4n) is 2.13. The molecule has 2 aromatic rings. The molecule has 2 rings (SSSR count). The molecular weight excluding hydrogens is 338 g/mol. The Balaban J connectivity index is 2.26. The molecule has 1 N–H and O–H groups in total. The van der Waals surface area contributed by atoms with Crippen LogP contribution in [0.3, 0.4) is 0 Å². The molecule has 0 spiro atoms. The van der Waals surface area contributed by atoms with E-state index in [0.717, 1.165) is 13.2 Å². The van der Waals surface area contributed by atoms with Gasteiger partial charge < -0.3 is 14.8 Å². The van der Waals surface area contributed by atoms with E-state index in [0.29, 0.717) is 5.56 Å². The van der Waals surface area contributed by atoms with E-state index in [1.54, 1.807) is 18.2 Å². The van der Waals surface area contributed by atoms with Gasteiger partial charge >= 0.3 is 12.6 Å². The van der Waals surface area contributed by atoms with E-state index in [1.807, 2.05) is 0 Å². The number of benzene rings is 2. The van der Waals surface area contributed by atoms with E-state index in [2.05, 4.69) is 14.8 Å². The Morgan fingerprint density at radius 1 is 1.28 bits per heavy atom. The second kappa shape index (κ2) is 8.04. The number of rotatable bonds is 7. The Kier molecular flexibility index (Phi) is 5.83. The number of ether oxygens (including phenoxy) is 2. The number of hydrogen-bond acceptors (Lipinski definition) is 6. The van der Waals surface area contributed by atoms with Crippen molar-refractivity contribution in [3.05, 3.63) is 63.7 Å². The summed E-state index contributed by atoms with van der Waals surface area (Å²) in [7, 11) is 1.15. The monoisotopic (exact) mass is 352 g/mol. The lowest BCUT2D eigenvalue weighted by atomic mass is 10.1. The van der Waals surface area contributed by atoms with Gasteiger partial charge in [0, 0.05) is 29.9 Å². The van der Waals surface area contributed by atoms with Crippen LogP contribution in [0.2, 0.25) is 0 Å². The van der Waals surface area contributed by atoms with Crippen molar-refractivity contribution in [2.45, 2.75) is 13.2 Å². The van der Waals surface area contributed by atoms with Crippen LogP contribution in [-0.4, -0.2) is 24.6 Å². The molecule has 0 saturated carbocycles. The van der Waals surface area contributed by atoms with E-state index in [-0.39, 0.29) is 29.2 Å². The molecular formula is C16H14F2N2O5. The van der Waals surface area contributed by atoms with Gasteiger partial charge in [-0.3, -0.25) is 10.1 Å². The van der Waals surface area contributed by atoms with E-state index in [1.165, 1.54) is 18.2 Å².